The van der Waals surface area contributed by atoms with Gasteiger partial charge in [0.1, 0.15) is 0 Å². The molecule has 2 rings (SSSR count). The quantitative estimate of drug-likeness (QED) is 0.862. The first kappa shape index (κ1) is 18.3. The second kappa shape index (κ2) is 8.16. The first-order valence-electron chi connectivity index (χ1n) is 7.36. The first-order chi connectivity index (χ1) is 11.4. The summed E-state index contributed by atoms with van der Waals surface area (Å²) in [6.07, 6.45) is 0. The highest BCUT2D eigenvalue weighted by Gasteiger charge is 2.18. The fourth-order valence-corrected chi connectivity index (χ4v) is 2.50. The summed E-state index contributed by atoms with van der Waals surface area (Å²) in [6, 6.07) is 13.9. The van der Waals surface area contributed by atoms with Crippen LogP contribution in [0, 0.1) is 11.3 Å². The maximum Gasteiger partial charge on any atom is 0.241 e. The molecule has 1 amide bonds. The lowest BCUT2D eigenvalue weighted by Gasteiger charge is -2.24. The molecule has 6 heteroatoms. The van der Waals surface area contributed by atoms with E-state index in [9.17, 15) is 4.79 Å². The van der Waals surface area contributed by atoms with Crippen molar-refractivity contribution in [1.29, 1.82) is 5.26 Å². The Bertz CT molecular complexity index is 786. The smallest absolute Gasteiger partial charge is 0.241 e. The minimum Gasteiger partial charge on any atom is -0.325 e. The number of nitrogens with one attached hydrogen (secondary N) is 1. The maximum atomic E-state index is 12.4. The standard InChI is InChI=1S/C18H17Cl2N3O/c1-12(18(24)22-15-5-3-4-13(8-15)10-21)23(2)11-14-6-7-16(19)17(20)9-14/h3-9,12H,11H2,1-2H3,(H,22,24)/t12-/m1/s1. The van der Waals surface area contributed by atoms with Crippen LogP contribution in [0.1, 0.15) is 18.1 Å². The van der Waals surface area contributed by atoms with Gasteiger partial charge in [-0.3, -0.25) is 9.69 Å². The number of nitrogens with zero attached hydrogens (tertiary/aromatic N) is 2. The number of amides is 1. The topological polar surface area (TPSA) is 56.1 Å². The van der Waals surface area contributed by atoms with E-state index < -0.39 is 0 Å². The molecule has 0 unspecified atom stereocenters. The SMILES string of the molecule is C[C@H](C(=O)Nc1cccc(C#N)c1)N(C)Cc1ccc(Cl)c(Cl)c1. The van der Waals surface area contributed by atoms with Crippen LogP contribution in [0.2, 0.25) is 10.0 Å². The molecule has 0 saturated heterocycles. The number of benzene rings is 2. The van der Waals surface area contributed by atoms with Crippen molar-refractivity contribution in [3.8, 4) is 6.07 Å². The third-order valence-corrected chi connectivity index (χ3v) is 4.45. The largest absolute Gasteiger partial charge is 0.325 e. The lowest BCUT2D eigenvalue weighted by atomic mass is 10.1. The van der Waals surface area contributed by atoms with E-state index >= 15 is 0 Å². The number of likely N-dealkylation sites (N-methyl/N-ethyl adjacent to an activating group) is 1. The van der Waals surface area contributed by atoms with Gasteiger partial charge in [0.15, 0.2) is 0 Å². The number of carbonyl (C=O) groups excluding carboxylic acids is 1. The Morgan fingerprint density at radius 3 is 2.67 bits per heavy atom. The Morgan fingerprint density at radius 2 is 2.00 bits per heavy atom. The van der Waals surface area contributed by atoms with Gasteiger partial charge in [-0.25, -0.2) is 0 Å². The Morgan fingerprint density at radius 1 is 1.25 bits per heavy atom. The van der Waals surface area contributed by atoms with Crippen molar-refractivity contribution in [1.82, 2.24) is 4.90 Å². The zero-order chi connectivity index (χ0) is 17.7. The number of nitriles is 1. The van der Waals surface area contributed by atoms with E-state index in [-0.39, 0.29) is 11.9 Å². The molecule has 4 nitrogen and oxygen atoms in total. The average molecular weight is 362 g/mol. The molecule has 0 radical (unpaired) electrons. The fraction of sp³-hybridized carbons (Fsp3) is 0.222. The van der Waals surface area contributed by atoms with E-state index in [1.54, 1.807) is 36.4 Å². The molecule has 0 bridgehead atoms. The Balaban J connectivity index is 2.01. The van der Waals surface area contributed by atoms with E-state index in [1.807, 2.05) is 24.9 Å². The molecule has 0 heterocycles. The molecule has 24 heavy (non-hydrogen) atoms. The van der Waals surface area contributed by atoms with Crippen LogP contribution in [0.3, 0.4) is 0 Å². The second-order valence-corrected chi connectivity index (χ2v) is 6.34. The van der Waals surface area contributed by atoms with Crippen LogP contribution in [0.25, 0.3) is 0 Å². The van der Waals surface area contributed by atoms with E-state index in [2.05, 4.69) is 11.4 Å². The van der Waals surface area contributed by atoms with Gasteiger partial charge in [0.2, 0.25) is 5.91 Å². The molecular formula is C18H17Cl2N3O. The summed E-state index contributed by atoms with van der Waals surface area (Å²) in [5.74, 6) is -0.146. The van der Waals surface area contributed by atoms with Crippen molar-refractivity contribution in [2.24, 2.45) is 0 Å². The molecular weight excluding hydrogens is 345 g/mol. The molecule has 0 aliphatic rings. The van der Waals surface area contributed by atoms with Gasteiger partial charge >= 0.3 is 0 Å². The fourth-order valence-electron chi connectivity index (χ4n) is 2.18. The normalized spacial score (nSPS) is 11.8. The second-order valence-electron chi connectivity index (χ2n) is 5.52. The number of hydrogen-bond donors (Lipinski definition) is 1. The van der Waals surface area contributed by atoms with Crippen molar-refractivity contribution >= 4 is 34.8 Å². The lowest BCUT2D eigenvalue weighted by molar-refractivity contribution is -0.120. The summed E-state index contributed by atoms with van der Waals surface area (Å²) in [4.78, 5) is 14.3. The monoisotopic (exact) mass is 361 g/mol. The van der Waals surface area contributed by atoms with Gasteiger partial charge in [0.25, 0.3) is 0 Å². The summed E-state index contributed by atoms with van der Waals surface area (Å²) in [6.45, 7) is 2.38. The van der Waals surface area contributed by atoms with Gasteiger partial charge in [-0.05, 0) is 49.9 Å². The van der Waals surface area contributed by atoms with Gasteiger partial charge in [-0.2, -0.15) is 5.26 Å². The van der Waals surface area contributed by atoms with Crippen LogP contribution in [-0.4, -0.2) is 23.9 Å². The molecule has 2 aromatic rings. The Labute approximate surface area is 151 Å². The van der Waals surface area contributed by atoms with Gasteiger partial charge < -0.3 is 5.32 Å². The molecule has 124 valence electrons. The van der Waals surface area contributed by atoms with Crippen molar-refractivity contribution in [3.63, 3.8) is 0 Å². The molecule has 0 aliphatic carbocycles. The van der Waals surface area contributed by atoms with Crippen molar-refractivity contribution in [2.45, 2.75) is 19.5 Å². The number of hydrogen-bond acceptors (Lipinski definition) is 3. The average Bonchev–Trinajstić information content (AvgIpc) is 2.57. The van der Waals surface area contributed by atoms with Gasteiger partial charge in [-0.15, -0.1) is 0 Å². The van der Waals surface area contributed by atoms with Crippen molar-refractivity contribution in [3.05, 3.63) is 63.6 Å². The van der Waals surface area contributed by atoms with Crippen molar-refractivity contribution in [2.75, 3.05) is 12.4 Å². The van der Waals surface area contributed by atoms with E-state index in [4.69, 9.17) is 28.5 Å². The summed E-state index contributed by atoms with van der Waals surface area (Å²) in [7, 11) is 1.86. The molecule has 1 atom stereocenters. The molecule has 0 saturated carbocycles. The van der Waals surface area contributed by atoms with E-state index in [0.29, 0.717) is 27.8 Å². The predicted octanol–water partition coefficient (Wildman–Crippen LogP) is 4.32. The van der Waals surface area contributed by atoms with Crippen LogP contribution in [0.4, 0.5) is 5.69 Å². The first-order valence-corrected chi connectivity index (χ1v) is 8.11. The molecule has 0 spiro atoms. The van der Waals surface area contributed by atoms with Gasteiger partial charge in [0, 0.05) is 12.2 Å². The molecule has 0 fully saturated rings. The van der Waals surface area contributed by atoms with Gasteiger partial charge in [-0.1, -0.05) is 35.3 Å². The third-order valence-electron chi connectivity index (χ3n) is 3.72. The molecule has 0 aliphatic heterocycles. The van der Waals surface area contributed by atoms with Crippen LogP contribution < -0.4 is 5.32 Å². The van der Waals surface area contributed by atoms with Crippen LogP contribution in [0.5, 0.6) is 0 Å². The zero-order valence-electron chi connectivity index (χ0n) is 13.4. The van der Waals surface area contributed by atoms with Crippen LogP contribution >= 0.6 is 23.2 Å². The highest BCUT2D eigenvalue weighted by molar-refractivity contribution is 6.42. The lowest BCUT2D eigenvalue weighted by Crippen LogP contribution is -2.39. The predicted molar refractivity (Wildman–Crippen MR) is 97.2 cm³/mol. The van der Waals surface area contributed by atoms with E-state index in [1.165, 1.54) is 0 Å². The number of carbonyl (C=O) groups is 1. The van der Waals surface area contributed by atoms with Crippen LogP contribution in [-0.2, 0) is 11.3 Å². The third kappa shape index (κ3) is 4.72. The Kier molecular flexibility index (Phi) is 6.22. The summed E-state index contributed by atoms with van der Waals surface area (Å²) in [5.41, 5.74) is 2.08. The maximum absolute atomic E-state index is 12.4. The summed E-state index contributed by atoms with van der Waals surface area (Å²) >= 11 is 11.9. The highest BCUT2D eigenvalue weighted by Crippen LogP contribution is 2.23. The highest BCUT2D eigenvalue weighted by atomic mass is 35.5. The van der Waals surface area contributed by atoms with Crippen LogP contribution in [0.15, 0.2) is 42.5 Å². The molecule has 2 aromatic carbocycles. The minimum atomic E-state index is -0.356. The van der Waals surface area contributed by atoms with Crippen molar-refractivity contribution < 1.29 is 4.79 Å². The molecule has 1 N–H and O–H groups in total. The number of rotatable bonds is 5. The minimum absolute atomic E-state index is 0.146. The van der Waals surface area contributed by atoms with E-state index in [0.717, 1.165) is 5.56 Å². The molecule has 0 aromatic heterocycles. The zero-order valence-corrected chi connectivity index (χ0v) is 14.9. The number of anilines is 1. The number of halogens is 2. The Hall–Kier alpha value is -2.06. The summed E-state index contributed by atoms with van der Waals surface area (Å²) in [5, 5.41) is 12.7. The summed E-state index contributed by atoms with van der Waals surface area (Å²) < 4.78 is 0. The van der Waals surface area contributed by atoms with Gasteiger partial charge in [0.05, 0.1) is 27.7 Å².